The van der Waals surface area contributed by atoms with Crippen molar-refractivity contribution in [1.82, 2.24) is 9.88 Å². The van der Waals surface area contributed by atoms with Crippen molar-refractivity contribution in [3.63, 3.8) is 0 Å². The molecule has 6 nitrogen and oxygen atoms in total. The summed E-state index contributed by atoms with van der Waals surface area (Å²) in [6.45, 7) is 5.10. The molecule has 0 aliphatic carbocycles. The summed E-state index contributed by atoms with van der Waals surface area (Å²) in [6.07, 6.45) is 2.21. The molecule has 4 rings (SSSR count). The van der Waals surface area contributed by atoms with Gasteiger partial charge in [-0.3, -0.25) is 14.6 Å². The lowest BCUT2D eigenvalue weighted by molar-refractivity contribution is -0.118. The van der Waals surface area contributed by atoms with Crippen LogP contribution in [-0.4, -0.2) is 68.0 Å². The van der Waals surface area contributed by atoms with E-state index in [1.54, 1.807) is 18.9 Å². The molecule has 0 N–H and O–H groups in total. The van der Waals surface area contributed by atoms with Gasteiger partial charge in [0.1, 0.15) is 5.75 Å². The van der Waals surface area contributed by atoms with Crippen LogP contribution in [0.2, 0.25) is 5.02 Å². The van der Waals surface area contributed by atoms with Crippen molar-refractivity contribution in [2.24, 2.45) is 0 Å². The SMILES string of the molecule is COc1ccc(SCCCC(=O)N(CCCN2CCOCC2)c2nc3ccc(Cl)cc3s2)cc1. The Labute approximate surface area is 214 Å². The molecule has 0 atom stereocenters. The number of halogens is 1. The van der Waals surface area contributed by atoms with Gasteiger partial charge in [-0.1, -0.05) is 22.9 Å². The van der Waals surface area contributed by atoms with Crippen LogP contribution >= 0.6 is 34.7 Å². The minimum atomic E-state index is 0.127. The van der Waals surface area contributed by atoms with Crippen LogP contribution in [0, 0.1) is 0 Å². The summed E-state index contributed by atoms with van der Waals surface area (Å²) in [6, 6.07) is 13.7. The predicted molar refractivity (Wildman–Crippen MR) is 142 cm³/mol. The maximum Gasteiger partial charge on any atom is 0.228 e. The number of hydrogen-bond acceptors (Lipinski definition) is 7. The Morgan fingerprint density at radius 3 is 2.76 bits per heavy atom. The normalized spacial score (nSPS) is 14.4. The van der Waals surface area contributed by atoms with Crippen molar-refractivity contribution in [3.05, 3.63) is 47.5 Å². The van der Waals surface area contributed by atoms with Crippen LogP contribution in [-0.2, 0) is 9.53 Å². The number of fused-ring (bicyclic) bond motifs is 1. The maximum absolute atomic E-state index is 13.3. The molecule has 9 heteroatoms. The number of aromatic nitrogens is 1. The van der Waals surface area contributed by atoms with E-state index in [1.165, 1.54) is 16.2 Å². The Morgan fingerprint density at radius 2 is 2.00 bits per heavy atom. The third kappa shape index (κ3) is 7.09. The van der Waals surface area contributed by atoms with Gasteiger partial charge < -0.3 is 9.47 Å². The van der Waals surface area contributed by atoms with Crippen molar-refractivity contribution in [2.75, 3.05) is 57.2 Å². The van der Waals surface area contributed by atoms with E-state index in [0.717, 1.165) is 72.5 Å². The number of benzene rings is 2. The Bertz CT molecular complexity index is 1070. The first-order valence-electron chi connectivity index (χ1n) is 11.6. The number of hydrogen-bond donors (Lipinski definition) is 0. The van der Waals surface area contributed by atoms with Crippen LogP contribution in [0.25, 0.3) is 10.2 Å². The van der Waals surface area contributed by atoms with Gasteiger partial charge in [-0.25, -0.2) is 4.98 Å². The molecule has 2 heterocycles. The lowest BCUT2D eigenvalue weighted by atomic mass is 10.2. The van der Waals surface area contributed by atoms with Crippen molar-refractivity contribution < 1.29 is 14.3 Å². The van der Waals surface area contributed by atoms with E-state index in [0.29, 0.717) is 18.0 Å². The van der Waals surface area contributed by atoms with Crippen LogP contribution in [0.1, 0.15) is 19.3 Å². The van der Waals surface area contributed by atoms with Crippen molar-refractivity contribution >= 4 is 56.0 Å². The number of rotatable bonds is 11. The van der Waals surface area contributed by atoms with E-state index in [-0.39, 0.29) is 5.91 Å². The smallest absolute Gasteiger partial charge is 0.228 e. The molecule has 1 fully saturated rings. The fraction of sp³-hybridized carbons (Fsp3) is 0.440. The molecule has 34 heavy (non-hydrogen) atoms. The van der Waals surface area contributed by atoms with Crippen molar-refractivity contribution in [1.29, 1.82) is 0 Å². The number of carbonyl (C=O) groups is 1. The highest BCUT2D eigenvalue weighted by Gasteiger charge is 2.20. The number of thiazole rings is 1. The van der Waals surface area contributed by atoms with Crippen molar-refractivity contribution in [3.8, 4) is 5.75 Å². The molecule has 1 saturated heterocycles. The Morgan fingerprint density at radius 1 is 1.21 bits per heavy atom. The molecule has 2 aromatic carbocycles. The molecule has 0 spiro atoms. The average molecular weight is 520 g/mol. The summed E-state index contributed by atoms with van der Waals surface area (Å²) in [5.74, 6) is 1.86. The molecule has 1 aromatic heterocycles. The third-order valence-corrected chi connectivity index (χ3v) is 8.07. The highest BCUT2D eigenvalue weighted by atomic mass is 35.5. The van der Waals surface area contributed by atoms with Gasteiger partial charge >= 0.3 is 0 Å². The molecular formula is C25H30ClN3O3S2. The maximum atomic E-state index is 13.3. The highest BCUT2D eigenvalue weighted by molar-refractivity contribution is 7.99. The second kappa shape index (κ2) is 12.7. The fourth-order valence-electron chi connectivity index (χ4n) is 3.83. The quantitative estimate of drug-likeness (QED) is 0.243. The van der Waals surface area contributed by atoms with E-state index in [4.69, 9.17) is 26.1 Å². The molecule has 0 bridgehead atoms. The zero-order chi connectivity index (χ0) is 23.8. The number of carbonyl (C=O) groups excluding carboxylic acids is 1. The van der Waals surface area contributed by atoms with Crippen LogP contribution in [0.5, 0.6) is 5.75 Å². The third-order valence-electron chi connectivity index (χ3n) is 5.69. The first-order chi connectivity index (χ1) is 16.6. The number of morpholine rings is 1. The van der Waals surface area contributed by atoms with E-state index in [2.05, 4.69) is 17.0 Å². The molecule has 0 unspecified atom stereocenters. The molecule has 1 aliphatic heterocycles. The van der Waals surface area contributed by atoms with Gasteiger partial charge in [0.15, 0.2) is 5.13 Å². The first-order valence-corrected chi connectivity index (χ1v) is 13.7. The van der Waals surface area contributed by atoms with E-state index in [1.807, 2.05) is 35.2 Å². The second-order valence-corrected chi connectivity index (χ2v) is 10.7. The predicted octanol–water partition coefficient (Wildman–Crippen LogP) is 5.59. The summed E-state index contributed by atoms with van der Waals surface area (Å²) in [7, 11) is 1.67. The van der Waals surface area contributed by atoms with Gasteiger partial charge in [0.25, 0.3) is 0 Å². The van der Waals surface area contributed by atoms with Gasteiger partial charge in [0, 0.05) is 42.5 Å². The Balaban J connectivity index is 1.35. The molecule has 1 amide bonds. The number of thioether (sulfide) groups is 1. The largest absolute Gasteiger partial charge is 0.497 e. The molecule has 0 saturated carbocycles. The van der Waals surface area contributed by atoms with Gasteiger partial charge in [-0.05, 0) is 61.1 Å². The number of methoxy groups -OCH3 is 1. The second-order valence-electron chi connectivity index (χ2n) is 8.09. The number of ether oxygens (including phenoxy) is 2. The standard InChI is InChI=1S/C25H30ClN3O3S2/c1-31-20-6-8-21(9-7-20)33-17-2-4-24(30)29(12-3-11-28-13-15-32-16-14-28)25-27-22-10-5-19(26)18-23(22)34-25/h5-10,18H,2-4,11-17H2,1H3. The van der Waals surface area contributed by atoms with Gasteiger partial charge in [-0.15, -0.1) is 11.8 Å². The highest BCUT2D eigenvalue weighted by Crippen LogP contribution is 2.31. The van der Waals surface area contributed by atoms with Crippen LogP contribution in [0.3, 0.4) is 0 Å². The topological polar surface area (TPSA) is 54.9 Å². The van der Waals surface area contributed by atoms with Gasteiger partial charge in [0.2, 0.25) is 5.91 Å². The van der Waals surface area contributed by atoms with Gasteiger partial charge in [-0.2, -0.15) is 0 Å². The molecule has 1 aliphatic rings. The number of nitrogens with zero attached hydrogens (tertiary/aromatic N) is 3. The van der Waals surface area contributed by atoms with Crippen LogP contribution in [0.4, 0.5) is 5.13 Å². The summed E-state index contributed by atoms with van der Waals surface area (Å²) in [4.78, 5) is 23.5. The number of anilines is 1. The minimum Gasteiger partial charge on any atom is -0.497 e. The lowest BCUT2D eigenvalue weighted by Gasteiger charge is -2.27. The van der Waals surface area contributed by atoms with E-state index < -0.39 is 0 Å². The zero-order valence-corrected chi connectivity index (χ0v) is 21.8. The fourth-order valence-corrected chi connectivity index (χ4v) is 5.96. The Hall–Kier alpha value is -1.84. The first kappa shape index (κ1) is 25.3. The molecule has 3 aromatic rings. The molecule has 0 radical (unpaired) electrons. The monoisotopic (exact) mass is 519 g/mol. The lowest BCUT2D eigenvalue weighted by Crippen LogP contribution is -2.39. The summed E-state index contributed by atoms with van der Waals surface area (Å²) >= 11 is 9.46. The molecule has 182 valence electrons. The Kier molecular flexibility index (Phi) is 9.47. The zero-order valence-electron chi connectivity index (χ0n) is 19.4. The molecular weight excluding hydrogens is 490 g/mol. The summed E-state index contributed by atoms with van der Waals surface area (Å²) < 4.78 is 11.7. The van der Waals surface area contributed by atoms with E-state index in [9.17, 15) is 4.79 Å². The van der Waals surface area contributed by atoms with E-state index >= 15 is 0 Å². The number of amides is 1. The average Bonchev–Trinajstić information content (AvgIpc) is 3.28. The van der Waals surface area contributed by atoms with Crippen molar-refractivity contribution in [2.45, 2.75) is 24.2 Å². The van der Waals surface area contributed by atoms with Crippen LogP contribution in [0.15, 0.2) is 47.4 Å². The summed E-state index contributed by atoms with van der Waals surface area (Å²) in [5, 5.41) is 1.44. The summed E-state index contributed by atoms with van der Waals surface area (Å²) in [5.41, 5.74) is 0.880. The van der Waals surface area contributed by atoms with Gasteiger partial charge in [0.05, 0.1) is 30.5 Å². The van der Waals surface area contributed by atoms with Crippen LogP contribution < -0.4 is 9.64 Å². The minimum absolute atomic E-state index is 0.127.